The number of fused-ring (bicyclic) bond motifs is 1. The van der Waals surface area contributed by atoms with E-state index in [9.17, 15) is 8.42 Å². The van der Waals surface area contributed by atoms with Crippen molar-refractivity contribution in [1.82, 2.24) is 15.0 Å². The summed E-state index contributed by atoms with van der Waals surface area (Å²) in [5.41, 5.74) is 1.46. The Labute approximate surface area is 176 Å². The summed E-state index contributed by atoms with van der Waals surface area (Å²) in [5, 5.41) is 6.61. The van der Waals surface area contributed by atoms with Crippen LogP contribution in [0.1, 0.15) is 32.6 Å². The van der Waals surface area contributed by atoms with Crippen LogP contribution in [-0.2, 0) is 9.84 Å². The Hall–Kier alpha value is -1.78. The Bertz CT molecular complexity index is 1110. The van der Waals surface area contributed by atoms with Crippen LogP contribution >= 0.6 is 27.3 Å². The summed E-state index contributed by atoms with van der Waals surface area (Å²) in [6.07, 6.45) is 5.85. The Balaban J connectivity index is 1.57. The molecule has 3 aromatic rings. The minimum absolute atomic E-state index is 0.113. The minimum atomic E-state index is -3.31. The first kappa shape index (κ1) is 19.5. The van der Waals surface area contributed by atoms with Crippen molar-refractivity contribution in [3.05, 3.63) is 28.9 Å². The van der Waals surface area contributed by atoms with Crippen LogP contribution in [0.5, 0.6) is 0 Å². The fourth-order valence-electron chi connectivity index (χ4n) is 2.87. The Morgan fingerprint density at radius 3 is 2.82 bits per heavy atom. The smallest absolute Gasteiger partial charge is 0.229 e. The molecular weight excluding hydrogens is 462 g/mol. The summed E-state index contributed by atoms with van der Waals surface area (Å²) >= 11 is 4.68. The lowest BCUT2D eigenvalue weighted by molar-refractivity contribution is 0.444. The quantitative estimate of drug-likeness (QED) is 0.502. The highest BCUT2D eigenvalue weighted by atomic mass is 79.9. The molecule has 4 rings (SSSR count). The van der Waals surface area contributed by atoms with Gasteiger partial charge in [0.15, 0.2) is 0 Å². The molecule has 2 N–H and O–H groups in total. The molecule has 7 nitrogen and oxygen atoms in total. The lowest BCUT2D eigenvalue weighted by atomic mass is 9.93. The molecule has 0 radical (unpaired) electrons. The predicted octanol–water partition coefficient (Wildman–Crippen LogP) is 4.74. The minimum Gasteiger partial charge on any atom is -0.366 e. The van der Waals surface area contributed by atoms with Crippen LogP contribution in [-0.4, -0.2) is 35.2 Å². The lowest BCUT2D eigenvalue weighted by Crippen LogP contribution is -2.27. The largest absolute Gasteiger partial charge is 0.366 e. The number of nitrogens with one attached hydrogen (secondary N) is 2. The van der Waals surface area contributed by atoms with E-state index in [1.54, 1.807) is 6.20 Å². The number of sulfone groups is 1. The molecule has 2 heterocycles. The predicted molar refractivity (Wildman–Crippen MR) is 116 cm³/mol. The van der Waals surface area contributed by atoms with Crippen LogP contribution in [0.4, 0.5) is 17.5 Å². The first-order valence-electron chi connectivity index (χ1n) is 9.14. The molecule has 0 spiro atoms. The van der Waals surface area contributed by atoms with Crippen molar-refractivity contribution in [2.24, 2.45) is 0 Å². The SMILES string of the molecule is CCCS(=O)(=O)c1nc2ccc(Nc3ncc(Br)c(NC4CCC4)n3)cc2s1. The van der Waals surface area contributed by atoms with E-state index in [4.69, 9.17) is 0 Å². The molecule has 0 bridgehead atoms. The zero-order valence-electron chi connectivity index (χ0n) is 15.3. The van der Waals surface area contributed by atoms with E-state index >= 15 is 0 Å². The zero-order chi connectivity index (χ0) is 19.7. The molecule has 2 aromatic heterocycles. The van der Waals surface area contributed by atoms with Crippen molar-refractivity contribution < 1.29 is 8.42 Å². The Kier molecular flexibility index (Phi) is 5.52. The molecule has 0 saturated heterocycles. The highest BCUT2D eigenvalue weighted by Crippen LogP contribution is 2.31. The maximum absolute atomic E-state index is 12.3. The van der Waals surface area contributed by atoms with Crippen molar-refractivity contribution in [2.75, 3.05) is 16.4 Å². The Morgan fingerprint density at radius 1 is 1.29 bits per heavy atom. The third-order valence-corrected chi connectivity index (χ3v) is 8.53. The van der Waals surface area contributed by atoms with Gasteiger partial charge in [0.05, 0.1) is 20.4 Å². The summed E-state index contributed by atoms with van der Waals surface area (Å²) in [6, 6.07) is 6.01. The van der Waals surface area contributed by atoms with E-state index in [1.165, 1.54) is 17.8 Å². The molecule has 28 heavy (non-hydrogen) atoms. The van der Waals surface area contributed by atoms with Gasteiger partial charge in [-0.05, 0) is 59.8 Å². The van der Waals surface area contributed by atoms with Gasteiger partial charge >= 0.3 is 0 Å². The molecule has 1 aromatic carbocycles. The van der Waals surface area contributed by atoms with Gasteiger partial charge < -0.3 is 10.6 Å². The van der Waals surface area contributed by atoms with Gasteiger partial charge in [0.1, 0.15) is 5.82 Å². The van der Waals surface area contributed by atoms with Gasteiger partial charge in [-0.15, -0.1) is 11.3 Å². The Morgan fingerprint density at radius 2 is 2.11 bits per heavy atom. The second-order valence-corrected chi connectivity index (χ2v) is 10.9. The number of thiazole rings is 1. The molecule has 1 fully saturated rings. The zero-order valence-corrected chi connectivity index (χ0v) is 18.5. The van der Waals surface area contributed by atoms with Gasteiger partial charge in [0.2, 0.25) is 20.1 Å². The first-order chi connectivity index (χ1) is 13.4. The van der Waals surface area contributed by atoms with Crippen LogP contribution in [0, 0.1) is 0 Å². The van der Waals surface area contributed by atoms with Crippen LogP contribution in [0.15, 0.2) is 33.2 Å². The summed E-state index contributed by atoms with van der Waals surface area (Å²) in [4.78, 5) is 13.1. The number of nitrogens with zero attached hydrogens (tertiary/aromatic N) is 3. The van der Waals surface area contributed by atoms with Gasteiger partial charge in [0, 0.05) is 17.9 Å². The monoisotopic (exact) mass is 481 g/mol. The maximum atomic E-state index is 12.3. The fraction of sp³-hybridized carbons (Fsp3) is 0.389. The van der Waals surface area contributed by atoms with E-state index in [1.807, 2.05) is 25.1 Å². The van der Waals surface area contributed by atoms with Gasteiger partial charge in [-0.2, -0.15) is 4.98 Å². The molecule has 0 aliphatic heterocycles. The summed E-state index contributed by atoms with van der Waals surface area (Å²) < 4.78 is 26.3. The highest BCUT2D eigenvalue weighted by molar-refractivity contribution is 9.10. The third kappa shape index (κ3) is 4.13. The highest BCUT2D eigenvalue weighted by Gasteiger charge is 2.20. The maximum Gasteiger partial charge on any atom is 0.229 e. The molecule has 1 aliphatic carbocycles. The number of hydrogen-bond donors (Lipinski definition) is 2. The van der Waals surface area contributed by atoms with Gasteiger partial charge in [0.25, 0.3) is 0 Å². The van der Waals surface area contributed by atoms with E-state index in [-0.39, 0.29) is 10.1 Å². The van der Waals surface area contributed by atoms with E-state index in [0.717, 1.165) is 33.5 Å². The van der Waals surface area contributed by atoms with Crippen LogP contribution in [0.25, 0.3) is 10.2 Å². The molecule has 1 saturated carbocycles. The van der Waals surface area contributed by atoms with Gasteiger partial charge in [-0.3, -0.25) is 0 Å². The molecule has 0 unspecified atom stereocenters. The molecule has 10 heteroatoms. The molecular formula is C18H20BrN5O2S2. The average molecular weight is 482 g/mol. The van der Waals surface area contributed by atoms with Crippen molar-refractivity contribution in [3.63, 3.8) is 0 Å². The average Bonchev–Trinajstić information content (AvgIpc) is 3.05. The number of rotatable bonds is 7. The van der Waals surface area contributed by atoms with Crippen molar-refractivity contribution in [1.29, 1.82) is 0 Å². The first-order valence-corrected chi connectivity index (χ1v) is 12.4. The number of hydrogen-bond acceptors (Lipinski definition) is 8. The number of anilines is 3. The van der Waals surface area contributed by atoms with Crippen LogP contribution in [0.2, 0.25) is 0 Å². The standard InChI is InChI=1S/C18H20BrN5O2S2/c1-2-8-28(25,26)18-23-14-7-6-12(9-15(14)27-18)22-17-20-10-13(19)16(24-17)21-11-4-3-5-11/h6-7,9-11H,2-5,8H2,1H3,(H2,20,21,22,24). The van der Waals surface area contributed by atoms with E-state index in [0.29, 0.717) is 23.9 Å². The van der Waals surface area contributed by atoms with E-state index < -0.39 is 9.84 Å². The molecule has 1 aliphatic rings. The normalized spacial score (nSPS) is 14.8. The third-order valence-electron chi connectivity index (χ3n) is 4.55. The number of aromatic nitrogens is 3. The van der Waals surface area contributed by atoms with E-state index in [2.05, 4.69) is 41.5 Å². The summed E-state index contributed by atoms with van der Waals surface area (Å²) in [5.74, 6) is 1.36. The van der Waals surface area contributed by atoms with Crippen molar-refractivity contribution in [2.45, 2.75) is 43.0 Å². The molecule has 0 atom stereocenters. The van der Waals surface area contributed by atoms with Crippen LogP contribution < -0.4 is 10.6 Å². The summed E-state index contributed by atoms with van der Waals surface area (Å²) in [7, 11) is -3.31. The number of benzene rings is 1. The number of halogens is 1. The van der Waals surface area contributed by atoms with Crippen molar-refractivity contribution in [3.8, 4) is 0 Å². The van der Waals surface area contributed by atoms with Gasteiger partial charge in [-0.25, -0.2) is 18.4 Å². The second-order valence-electron chi connectivity index (χ2n) is 6.77. The summed E-state index contributed by atoms with van der Waals surface area (Å²) in [6.45, 7) is 1.85. The lowest BCUT2D eigenvalue weighted by Gasteiger charge is -2.27. The van der Waals surface area contributed by atoms with Gasteiger partial charge in [-0.1, -0.05) is 6.92 Å². The molecule has 148 valence electrons. The topological polar surface area (TPSA) is 96.9 Å². The second kappa shape index (κ2) is 7.92. The van der Waals surface area contributed by atoms with Crippen molar-refractivity contribution >= 4 is 64.8 Å². The van der Waals surface area contributed by atoms with Crippen LogP contribution in [0.3, 0.4) is 0 Å². The fourth-order valence-corrected chi connectivity index (χ4v) is 5.89. The molecule has 0 amide bonds.